The van der Waals surface area contributed by atoms with E-state index in [2.05, 4.69) is 69.8 Å². The third-order valence-electron chi connectivity index (χ3n) is 3.49. The molecule has 3 heteroatoms. The van der Waals surface area contributed by atoms with Crippen molar-refractivity contribution >= 4 is 43.9 Å². The Kier molecular flexibility index (Phi) is 2.60. The Hall–Kier alpha value is -2.13. The molecule has 0 spiro atoms. The van der Waals surface area contributed by atoms with E-state index in [1.54, 1.807) is 0 Å². The van der Waals surface area contributed by atoms with E-state index in [0.29, 0.717) is 0 Å². The molecule has 0 saturated heterocycles. The zero-order valence-electron chi connectivity index (χ0n) is 10.6. The predicted molar refractivity (Wildman–Crippen MR) is 87.9 cm³/mol. The minimum Gasteiger partial charge on any atom is -0.339 e. The summed E-state index contributed by atoms with van der Waals surface area (Å²) in [7, 11) is 0. The van der Waals surface area contributed by atoms with E-state index in [1.807, 2.05) is 12.1 Å². The van der Waals surface area contributed by atoms with E-state index < -0.39 is 0 Å². The maximum atomic E-state index is 4.75. The average molecular weight is 323 g/mol. The molecule has 0 aliphatic carbocycles. The molecule has 0 aromatic heterocycles. The van der Waals surface area contributed by atoms with E-state index in [0.717, 1.165) is 27.2 Å². The molecule has 0 amide bonds. The first-order valence-electron chi connectivity index (χ1n) is 6.45. The first kappa shape index (κ1) is 11.7. The van der Waals surface area contributed by atoms with Crippen LogP contribution in [0.15, 0.2) is 70.1 Å². The highest BCUT2D eigenvalue weighted by Gasteiger charge is 2.14. The summed E-state index contributed by atoms with van der Waals surface area (Å²) < 4.78 is 1.07. The average Bonchev–Trinajstić information content (AvgIpc) is 2.48. The topological polar surface area (TPSA) is 24.4 Å². The van der Waals surface area contributed by atoms with Crippen LogP contribution in [0.25, 0.3) is 10.8 Å². The lowest BCUT2D eigenvalue weighted by Gasteiger charge is -2.19. The third-order valence-corrected chi connectivity index (χ3v) is 4.01. The Morgan fingerprint density at radius 1 is 0.850 bits per heavy atom. The number of hydrogen-bond donors (Lipinski definition) is 1. The van der Waals surface area contributed by atoms with Gasteiger partial charge in [0, 0.05) is 21.1 Å². The molecule has 1 aliphatic rings. The van der Waals surface area contributed by atoms with Gasteiger partial charge in [-0.05, 0) is 29.7 Å². The van der Waals surface area contributed by atoms with Gasteiger partial charge in [-0.15, -0.1) is 0 Å². The van der Waals surface area contributed by atoms with Crippen molar-refractivity contribution in [3.63, 3.8) is 0 Å². The Morgan fingerprint density at radius 2 is 1.60 bits per heavy atom. The molecule has 0 atom stereocenters. The summed E-state index contributed by atoms with van der Waals surface area (Å²) in [5, 5.41) is 5.84. The molecule has 0 radical (unpaired) electrons. The summed E-state index contributed by atoms with van der Waals surface area (Å²) in [5.41, 5.74) is 3.22. The lowest BCUT2D eigenvalue weighted by atomic mass is 10.0. The van der Waals surface area contributed by atoms with Gasteiger partial charge in [0.2, 0.25) is 0 Å². The Morgan fingerprint density at radius 3 is 2.40 bits per heavy atom. The summed E-state index contributed by atoms with van der Waals surface area (Å²) >= 11 is 3.46. The van der Waals surface area contributed by atoms with E-state index in [9.17, 15) is 0 Å². The van der Waals surface area contributed by atoms with Gasteiger partial charge in [-0.25, -0.2) is 4.99 Å². The molecule has 0 bridgehead atoms. The van der Waals surface area contributed by atoms with Crippen LogP contribution in [0.5, 0.6) is 0 Å². The lowest BCUT2D eigenvalue weighted by Crippen LogP contribution is -2.16. The molecule has 0 saturated carbocycles. The van der Waals surface area contributed by atoms with Crippen molar-refractivity contribution in [2.24, 2.45) is 4.99 Å². The number of anilines is 1. The van der Waals surface area contributed by atoms with Crippen LogP contribution < -0.4 is 5.32 Å². The molecule has 3 aromatic rings. The maximum Gasteiger partial charge on any atom is 0.138 e. The van der Waals surface area contributed by atoms with Crippen LogP contribution >= 0.6 is 15.9 Å². The SMILES string of the molecule is Brc1ccc(C2=Nc3cccc4cccc(c34)N2)cc1. The second-order valence-corrected chi connectivity index (χ2v) is 5.69. The van der Waals surface area contributed by atoms with Gasteiger partial charge in [0.25, 0.3) is 0 Å². The summed E-state index contributed by atoms with van der Waals surface area (Å²) in [5.74, 6) is 0.892. The van der Waals surface area contributed by atoms with Gasteiger partial charge in [0.15, 0.2) is 0 Å². The third kappa shape index (κ3) is 1.82. The molecule has 96 valence electrons. The van der Waals surface area contributed by atoms with Gasteiger partial charge in [-0.2, -0.15) is 0 Å². The fraction of sp³-hybridized carbons (Fsp3) is 0. The molecule has 3 aromatic carbocycles. The Bertz CT molecular complexity index is 830. The van der Waals surface area contributed by atoms with Crippen LogP contribution in [-0.2, 0) is 0 Å². The van der Waals surface area contributed by atoms with Crippen LogP contribution in [-0.4, -0.2) is 5.84 Å². The fourth-order valence-electron chi connectivity index (χ4n) is 2.54. The number of aliphatic imine (C=N–C) groups is 1. The highest BCUT2D eigenvalue weighted by atomic mass is 79.9. The van der Waals surface area contributed by atoms with Crippen molar-refractivity contribution in [3.8, 4) is 0 Å². The van der Waals surface area contributed by atoms with E-state index in [4.69, 9.17) is 4.99 Å². The lowest BCUT2D eigenvalue weighted by molar-refractivity contribution is 1.46. The minimum atomic E-state index is 0.892. The van der Waals surface area contributed by atoms with Gasteiger partial charge in [0.05, 0.1) is 5.69 Å². The normalized spacial score (nSPS) is 12.9. The number of benzene rings is 3. The Labute approximate surface area is 125 Å². The minimum absolute atomic E-state index is 0.892. The second kappa shape index (κ2) is 4.46. The number of amidine groups is 1. The zero-order chi connectivity index (χ0) is 13.5. The largest absolute Gasteiger partial charge is 0.339 e. The quantitative estimate of drug-likeness (QED) is 0.661. The van der Waals surface area contributed by atoms with E-state index in [1.165, 1.54) is 10.8 Å². The smallest absolute Gasteiger partial charge is 0.138 e. The summed E-state index contributed by atoms with van der Waals surface area (Å²) in [6.45, 7) is 0. The van der Waals surface area contributed by atoms with Crippen molar-refractivity contribution in [2.75, 3.05) is 5.32 Å². The molecule has 0 unspecified atom stereocenters. The van der Waals surface area contributed by atoms with E-state index >= 15 is 0 Å². The molecule has 1 aliphatic heterocycles. The molecule has 20 heavy (non-hydrogen) atoms. The molecular formula is C17H11BrN2. The molecule has 2 nitrogen and oxygen atoms in total. The van der Waals surface area contributed by atoms with Gasteiger partial charge >= 0.3 is 0 Å². The van der Waals surface area contributed by atoms with Crippen molar-refractivity contribution in [3.05, 3.63) is 70.7 Å². The molecule has 4 rings (SSSR count). The summed E-state index contributed by atoms with van der Waals surface area (Å²) in [4.78, 5) is 4.75. The molecule has 0 fully saturated rings. The summed E-state index contributed by atoms with van der Waals surface area (Å²) in [6.07, 6.45) is 0. The van der Waals surface area contributed by atoms with Crippen LogP contribution in [0.3, 0.4) is 0 Å². The first-order valence-corrected chi connectivity index (χ1v) is 7.24. The van der Waals surface area contributed by atoms with Crippen LogP contribution in [0.1, 0.15) is 5.56 Å². The monoisotopic (exact) mass is 322 g/mol. The Balaban J connectivity index is 1.92. The highest BCUT2D eigenvalue weighted by Crippen LogP contribution is 2.36. The maximum absolute atomic E-state index is 4.75. The van der Waals surface area contributed by atoms with Crippen molar-refractivity contribution in [2.45, 2.75) is 0 Å². The predicted octanol–water partition coefficient (Wildman–Crippen LogP) is 5.11. The molecular weight excluding hydrogens is 312 g/mol. The van der Waals surface area contributed by atoms with Gasteiger partial charge in [-0.3, -0.25) is 0 Å². The number of hydrogen-bond acceptors (Lipinski definition) is 2. The van der Waals surface area contributed by atoms with Gasteiger partial charge in [0.1, 0.15) is 5.84 Å². The summed E-state index contributed by atoms with van der Waals surface area (Å²) in [6, 6.07) is 20.7. The van der Waals surface area contributed by atoms with Crippen molar-refractivity contribution < 1.29 is 0 Å². The van der Waals surface area contributed by atoms with Crippen molar-refractivity contribution in [1.82, 2.24) is 0 Å². The number of nitrogens with zero attached hydrogens (tertiary/aromatic N) is 1. The van der Waals surface area contributed by atoms with Crippen LogP contribution in [0.4, 0.5) is 11.4 Å². The van der Waals surface area contributed by atoms with Crippen LogP contribution in [0, 0.1) is 0 Å². The molecule has 1 N–H and O–H groups in total. The fourth-order valence-corrected chi connectivity index (χ4v) is 2.80. The second-order valence-electron chi connectivity index (χ2n) is 4.77. The van der Waals surface area contributed by atoms with Crippen LogP contribution in [0.2, 0.25) is 0 Å². The number of halogens is 1. The van der Waals surface area contributed by atoms with E-state index in [-0.39, 0.29) is 0 Å². The van der Waals surface area contributed by atoms with Gasteiger partial charge in [-0.1, -0.05) is 52.3 Å². The highest BCUT2D eigenvalue weighted by molar-refractivity contribution is 9.10. The number of rotatable bonds is 1. The van der Waals surface area contributed by atoms with Crippen molar-refractivity contribution in [1.29, 1.82) is 0 Å². The standard InChI is InChI=1S/C17H11BrN2/c18-13-9-7-12(8-10-13)17-19-14-5-1-3-11-4-2-6-15(20-17)16(11)14/h1-10H,(H,19,20). The number of nitrogens with one attached hydrogen (secondary N) is 1. The zero-order valence-corrected chi connectivity index (χ0v) is 12.2. The van der Waals surface area contributed by atoms with Gasteiger partial charge < -0.3 is 5.32 Å². The first-order chi connectivity index (χ1) is 9.81. The molecule has 1 heterocycles.